The highest BCUT2D eigenvalue weighted by molar-refractivity contribution is 6.08. The summed E-state index contributed by atoms with van der Waals surface area (Å²) in [4.78, 5) is 37.8. The Morgan fingerprint density at radius 1 is 0.844 bits per heavy atom. The number of ether oxygens (including phenoxy) is 3. The Morgan fingerprint density at radius 3 is 2.34 bits per heavy atom. The normalized spacial score (nSPS) is 10.2. The number of methoxy groups -OCH3 is 2. The second kappa shape index (κ2) is 10.3. The van der Waals surface area contributed by atoms with Gasteiger partial charge in [-0.1, -0.05) is 29.8 Å². The van der Waals surface area contributed by atoms with Crippen molar-refractivity contribution < 1.29 is 28.6 Å². The Morgan fingerprint density at radius 2 is 1.62 bits per heavy atom. The van der Waals surface area contributed by atoms with E-state index in [-0.39, 0.29) is 17.0 Å². The average Bonchev–Trinajstić information content (AvgIpc) is 2.82. The molecular formula is C25H23NO6. The number of aryl methyl sites for hydroxylation is 1. The maximum atomic E-state index is 12.7. The van der Waals surface area contributed by atoms with E-state index in [2.05, 4.69) is 5.32 Å². The number of hydrogen-bond donors (Lipinski definition) is 1. The lowest BCUT2D eigenvalue weighted by Crippen LogP contribution is -2.18. The number of ketones is 1. The Balaban J connectivity index is 1.71. The molecule has 32 heavy (non-hydrogen) atoms. The molecule has 0 heterocycles. The lowest BCUT2D eigenvalue weighted by molar-refractivity contribution is 0.0475. The Kier molecular flexibility index (Phi) is 7.23. The second-order valence-electron chi connectivity index (χ2n) is 6.93. The topological polar surface area (TPSA) is 90.9 Å². The van der Waals surface area contributed by atoms with Gasteiger partial charge >= 0.3 is 5.97 Å². The van der Waals surface area contributed by atoms with E-state index in [4.69, 9.17) is 14.2 Å². The van der Waals surface area contributed by atoms with Crippen molar-refractivity contribution in [3.05, 3.63) is 89.0 Å². The standard InChI is InChI=1S/C25H23NO6/c1-16-7-6-8-17(13-16)24(28)26-21-10-5-4-9-19(21)25(29)32-15-22(27)20-12-11-18(30-2)14-23(20)31-3/h4-14H,15H2,1-3H3,(H,26,28). The van der Waals surface area contributed by atoms with Gasteiger partial charge in [0.25, 0.3) is 5.91 Å². The van der Waals surface area contributed by atoms with Crippen LogP contribution in [0, 0.1) is 6.92 Å². The highest BCUT2D eigenvalue weighted by atomic mass is 16.5. The summed E-state index contributed by atoms with van der Waals surface area (Å²) in [5.41, 5.74) is 2.11. The number of Topliss-reactive ketones (excluding diaryl/α,β-unsaturated/α-hetero) is 1. The van der Waals surface area contributed by atoms with Gasteiger partial charge in [-0.2, -0.15) is 0 Å². The molecule has 1 amide bonds. The minimum Gasteiger partial charge on any atom is -0.497 e. The van der Waals surface area contributed by atoms with Gasteiger partial charge in [-0.3, -0.25) is 9.59 Å². The van der Waals surface area contributed by atoms with Gasteiger partial charge in [-0.25, -0.2) is 4.79 Å². The number of nitrogens with one attached hydrogen (secondary N) is 1. The first-order valence-corrected chi connectivity index (χ1v) is 9.82. The molecule has 0 aromatic heterocycles. The monoisotopic (exact) mass is 433 g/mol. The molecule has 0 saturated heterocycles. The molecule has 0 atom stereocenters. The van der Waals surface area contributed by atoms with Crippen molar-refractivity contribution in [2.45, 2.75) is 6.92 Å². The summed E-state index contributed by atoms with van der Waals surface area (Å²) in [5, 5.41) is 2.73. The maximum Gasteiger partial charge on any atom is 0.340 e. The van der Waals surface area contributed by atoms with Gasteiger partial charge in [0.15, 0.2) is 6.61 Å². The van der Waals surface area contributed by atoms with Crippen LogP contribution in [0.5, 0.6) is 11.5 Å². The van der Waals surface area contributed by atoms with E-state index >= 15 is 0 Å². The van der Waals surface area contributed by atoms with E-state index in [1.54, 1.807) is 54.6 Å². The predicted molar refractivity (Wildman–Crippen MR) is 120 cm³/mol. The summed E-state index contributed by atoms with van der Waals surface area (Å²) in [7, 11) is 2.94. The van der Waals surface area contributed by atoms with Gasteiger partial charge < -0.3 is 19.5 Å². The van der Waals surface area contributed by atoms with Crippen molar-refractivity contribution in [3.63, 3.8) is 0 Å². The zero-order chi connectivity index (χ0) is 23.1. The van der Waals surface area contributed by atoms with Crippen LogP contribution in [0.15, 0.2) is 66.7 Å². The van der Waals surface area contributed by atoms with E-state index < -0.39 is 18.4 Å². The quantitative estimate of drug-likeness (QED) is 0.421. The third-order valence-electron chi connectivity index (χ3n) is 4.72. The zero-order valence-corrected chi connectivity index (χ0v) is 18.0. The highest BCUT2D eigenvalue weighted by Crippen LogP contribution is 2.25. The summed E-state index contributed by atoms with van der Waals surface area (Å²) in [5.74, 6) is -0.664. The van der Waals surface area contributed by atoms with Crippen molar-refractivity contribution in [3.8, 4) is 11.5 Å². The number of para-hydroxylation sites is 1. The van der Waals surface area contributed by atoms with Crippen LogP contribution in [0.1, 0.15) is 36.6 Å². The molecule has 0 aliphatic heterocycles. The van der Waals surface area contributed by atoms with Crippen molar-refractivity contribution in [2.75, 3.05) is 26.1 Å². The van der Waals surface area contributed by atoms with Gasteiger partial charge in [0.05, 0.1) is 31.0 Å². The molecule has 3 aromatic carbocycles. The first-order valence-electron chi connectivity index (χ1n) is 9.82. The minimum atomic E-state index is -0.731. The molecule has 164 valence electrons. The average molecular weight is 433 g/mol. The number of carbonyl (C=O) groups is 3. The van der Waals surface area contributed by atoms with Gasteiger partial charge in [0.2, 0.25) is 5.78 Å². The third kappa shape index (κ3) is 5.31. The van der Waals surface area contributed by atoms with Crippen LogP contribution in [-0.4, -0.2) is 38.5 Å². The first kappa shape index (κ1) is 22.6. The molecule has 0 aliphatic rings. The van der Waals surface area contributed by atoms with Crippen molar-refractivity contribution in [2.24, 2.45) is 0 Å². The van der Waals surface area contributed by atoms with E-state index in [0.29, 0.717) is 22.7 Å². The molecule has 0 unspecified atom stereocenters. The molecule has 0 fully saturated rings. The molecule has 0 radical (unpaired) electrons. The molecule has 3 rings (SSSR count). The molecule has 3 aromatic rings. The Labute approximate surface area is 185 Å². The number of carbonyl (C=O) groups excluding carboxylic acids is 3. The molecule has 7 nitrogen and oxygen atoms in total. The van der Waals surface area contributed by atoms with Crippen LogP contribution in [-0.2, 0) is 4.74 Å². The fourth-order valence-electron chi connectivity index (χ4n) is 3.07. The molecule has 1 N–H and O–H groups in total. The number of anilines is 1. The van der Waals surface area contributed by atoms with Gasteiger partial charge in [-0.15, -0.1) is 0 Å². The zero-order valence-electron chi connectivity index (χ0n) is 18.0. The van der Waals surface area contributed by atoms with Crippen molar-refractivity contribution in [1.29, 1.82) is 0 Å². The largest absolute Gasteiger partial charge is 0.497 e. The van der Waals surface area contributed by atoms with Crippen LogP contribution >= 0.6 is 0 Å². The molecular weight excluding hydrogens is 410 g/mol. The van der Waals surface area contributed by atoms with E-state index in [9.17, 15) is 14.4 Å². The van der Waals surface area contributed by atoms with E-state index in [1.807, 2.05) is 13.0 Å². The number of benzene rings is 3. The summed E-state index contributed by atoms with van der Waals surface area (Å²) in [6, 6.07) is 18.3. The Hall–Kier alpha value is -4.13. The highest BCUT2D eigenvalue weighted by Gasteiger charge is 2.19. The van der Waals surface area contributed by atoms with Gasteiger partial charge in [0.1, 0.15) is 11.5 Å². The van der Waals surface area contributed by atoms with Crippen molar-refractivity contribution >= 4 is 23.3 Å². The molecule has 0 bridgehead atoms. The lowest BCUT2D eigenvalue weighted by atomic mass is 10.1. The minimum absolute atomic E-state index is 0.142. The van der Waals surface area contributed by atoms with E-state index in [1.165, 1.54) is 20.3 Å². The fraction of sp³-hybridized carbons (Fsp3) is 0.160. The third-order valence-corrected chi connectivity index (χ3v) is 4.72. The Bertz CT molecular complexity index is 1150. The van der Waals surface area contributed by atoms with E-state index in [0.717, 1.165) is 5.56 Å². The fourth-order valence-corrected chi connectivity index (χ4v) is 3.07. The van der Waals surface area contributed by atoms with Crippen LogP contribution in [0.4, 0.5) is 5.69 Å². The van der Waals surface area contributed by atoms with Crippen LogP contribution in [0.2, 0.25) is 0 Å². The number of esters is 1. The first-order chi connectivity index (χ1) is 15.4. The lowest BCUT2D eigenvalue weighted by Gasteiger charge is -2.12. The summed E-state index contributed by atoms with van der Waals surface area (Å²) >= 11 is 0. The number of amides is 1. The van der Waals surface area contributed by atoms with Crippen LogP contribution < -0.4 is 14.8 Å². The number of rotatable bonds is 8. The van der Waals surface area contributed by atoms with Crippen molar-refractivity contribution in [1.82, 2.24) is 0 Å². The summed E-state index contributed by atoms with van der Waals surface area (Å²) < 4.78 is 15.6. The number of hydrogen-bond acceptors (Lipinski definition) is 6. The molecule has 0 aliphatic carbocycles. The van der Waals surface area contributed by atoms with Gasteiger partial charge in [-0.05, 0) is 43.3 Å². The van der Waals surface area contributed by atoms with Crippen LogP contribution in [0.25, 0.3) is 0 Å². The second-order valence-corrected chi connectivity index (χ2v) is 6.93. The maximum absolute atomic E-state index is 12.7. The molecule has 0 spiro atoms. The smallest absolute Gasteiger partial charge is 0.340 e. The van der Waals surface area contributed by atoms with Gasteiger partial charge in [0, 0.05) is 11.6 Å². The van der Waals surface area contributed by atoms with Crippen LogP contribution in [0.3, 0.4) is 0 Å². The summed E-state index contributed by atoms with van der Waals surface area (Å²) in [6.45, 7) is 1.40. The molecule has 7 heteroatoms. The summed E-state index contributed by atoms with van der Waals surface area (Å²) in [6.07, 6.45) is 0. The SMILES string of the molecule is COc1ccc(C(=O)COC(=O)c2ccccc2NC(=O)c2cccc(C)c2)c(OC)c1. The molecule has 0 saturated carbocycles. The predicted octanol–water partition coefficient (Wildman–Crippen LogP) is 4.30.